The van der Waals surface area contributed by atoms with Crippen LogP contribution < -0.4 is 10.3 Å². The van der Waals surface area contributed by atoms with Crippen molar-refractivity contribution in [2.75, 3.05) is 6.61 Å². The molecule has 3 aromatic rings. The van der Waals surface area contributed by atoms with Crippen molar-refractivity contribution in [3.8, 4) is 17.0 Å². The van der Waals surface area contributed by atoms with E-state index < -0.39 is 0 Å². The molecule has 2 heterocycles. The number of hydrogen-bond acceptors (Lipinski definition) is 4. The molecule has 0 aliphatic carbocycles. The molecule has 0 unspecified atom stereocenters. The Morgan fingerprint density at radius 2 is 2.10 bits per heavy atom. The van der Waals surface area contributed by atoms with Crippen LogP contribution in [0.1, 0.15) is 6.92 Å². The molecule has 4 nitrogen and oxygen atoms in total. The SMILES string of the molecule is CCOc1ccc2cc(-c3ccccn3)c(=N)oc2c1. The number of hydrogen-bond donors (Lipinski definition) is 1. The van der Waals surface area contributed by atoms with E-state index in [4.69, 9.17) is 14.6 Å². The zero-order valence-electron chi connectivity index (χ0n) is 11.1. The lowest BCUT2D eigenvalue weighted by atomic mass is 10.1. The first kappa shape index (κ1) is 12.4. The molecule has 0 fully saturated rings. The Bertz CT molecular complexity index is 794. The van der Waals surface area contributed by atoms with Gasteiger partial charge in [0.1, 0.15) is 11.3 Å². The molecule has 2 aromatic heterocycles. The largest absolute Gasteiger partial charge is 0.494 e. The van der Waals surface area contributed by atoms with Crippen LogP contribution in [0, 0.1) is 5.41 Å². The lowest BCUT2D eigenvalue weighted by molar-refractivity contribution is 0.340. The Morgan fingerprint density at radius 3 is 2.85 bits per heavy atom. The summed E-state index contributed by atoms with van der Waals surface area (Å²) in [5, 5.41) is 8.94. The van der Waals surface area contributed by atoms with Crippen LogP contribution in [-0.2, 0) is 0 Å². The number of fused-ring (bicyclic) bond motifs is 1. The highest BCUT2D eigenvalue weighted by Gasteiger charge is 2.07. The molecule has 0 aliphatic rings. The van der Waals surface area contributed by atoms with E-state index in [-0.39, 0.29) is 5.55 Å². The molecule has 3 rings (SSSR count). The molecule has 0 amide bonds. The van der Waals surface area contributed by atoms with Gasteiger partial charge in [0.15, 0.2) is 0 Å². The molecule has 4 heteroatoms. The molecule has 100 valence electrons. The highest BCUT2D eigenvalue weighted by molar-refractivity contribution is 5.82. The molecule has 1 N–H and O–H groups in total. The summed E-state index contributed by atoms with van der Waals surface area (Å²) in [6.45, 7) is 2.53. The molecule has 0 aliphatic heterocycles. The van der Waals surface area contributed by atoms with Gasteiger partial charge < -0.3 is 9.15 Å². The van der Waals surface area contributed by atoms with Gasteiger partial charge in [-0.2, -0.15) is 0 Å². The molecule has 0 saturated carbocycles. The first-order valence-corrected chi connectivity index (χ1v) is 6.44. The van der Waals surface area contributed by atoms with Gasteiger partial charge in [0.25, 0.3) is 0 Å². The number of pyridine rings is 1. The lowest BCUT2D eigenvalue weighted by Gasteiger charge is -2.06. The van der Waals surface area contributed by atoms with Crippen molar-refractivity contribution in [3.63, 3.8) is 0 Å². The Morgan fingerprint density at radius 1 is 1.20 bits per heavy atom. The van der Waals surface area contributed by atoms with Gasteiger partial charge in [-0.05, 0) is 37.3 Å². The van der Waals surface area contributed by atoms with Crippen LogP contribution in [0.2, 0.25) is 0 Å². The standard InChI is InChI=1S/C16H14N2O2/c1-2-19-12-7-6-11-9-13(14-5-3-4-8-18-14)16(17)20-15(11)10-12/h3-10,17H,2H2,1H3. The third kappa shape index (κ3) is 2.28. The Kier molecular flexibility index (Phi) is 3.21. The fourth-order valence-corrected chi connectivity index (χ4v) is 2.08. The topological polar surface area (TPSA) is 59.1 Å². The third-order valence-corrected chi connectivity index (χ3v) is 2.99. The van der Waals surface area contributed by atoms with Crippen LogP contribution in [0.3, 0.4) is 0 Å². The van der Waals surface area contributed by atoms with Crippen molar-refractivity contribution in [1.82, 2.24) is 4.98 Å². The Balaban J connectivity index is 2.16. The normalized spacial score (nSPS) is 10.7. The molecule has 0 atom stereocenters. The number of rotatable bonds is 3. The summed E-state index contributed by atoms with van der Waals surface area (Å²) in [5.74, 6) is 0.744. The van der Waals surface area contributed by atoms with Gasteiger partial charge in [0.05, 0.1) is 17.9 Å². The quantitative estimate of drug-likeness (QED) is 0.790. The van der Waals surface area contributed by atoms with Crippen molar-refractivity contribution < 1.29 is 9.15 Å². The maximum Gasteiger partial charge on any atom is 0.221 e. The molecule has 20 heavy (non-hydrogen) atoms. The third-order valence-electron chi connectivity index (χ3n) is 2.99. The van der Waals surface area contributed by atoms with Crippen LogP contribution in [0.15, 0.2) is 53.1 Å². The van der Waals surface area contributed by atoms with Crippen molar-refractivity contribution in [1.29, 1.82) is 5.41 Å². The zero-order valence-corrected chi connectivity index (χ0v) is 11.1. The van der Waals surface area contributed by atoms with Gasteiger partial charge in [-0.1, -0.05) is 6.07 Å². The molecule has 1 aromatic carbocycles. The average Bonchev–Trinajstić information content (AvgIpc) is 2.48. The molecule has 0 spiro atoms. The van der Waals surface area contributed by atoms with Crippen LogP contribution >= 0.6 is 0 Å². The summed E-state index contributed by atoms with van der Waals surface area (Å²) >= 11 is 0. The minimum absolute atomic E-state index is 0.102. The van der Waals surface area contributed by atoms with Crippen molar-refractivity contribution >= 4 is 11.0 Å². The zero-order chi connectivity index (χ0) is 13.9. The number of benzene rings is 1. The first-order valence-electron chi connectivity index (χ1n) is 6.44. The number of nitrogens with zero attached hydrogens (tertiary/aromatic N) is 1. The molecule has 0 saturated heterocycles. The van der Waals surface area contributed by atoms with E-state index >= 15 is 0 Å². The predicted octanol–water partition coefficient (Wildman–Crippen LogP) is 3.37. The van der Waals surface area contributed by atoms with Gasteiger partial charge in [0, 0.05) is 17.6 Å². The molecular formula is C16H14N2O2. The molecule has 0 radical (unpaired) electrons. The number of ether oxygens (including phenoxy) is 1. The second-order valence-electron chi connectivity index (χ2n) is 4.34. The van der Waals surface area contributed by atoms with Gasteiger partial charge in [-0.15, -0.1) is 0 Å². The lowest BCUT2D eigenvalue weighted by Crippen LogP contribution is -2.04. The summed E-state index contributed by atoms with van der Waals surface area (Å²) in [5.41, 5.74) is 2.16. The minimum Gasteiger partial charge on any atom is -0.494 e. The van der Waals surface area contributed by atoms with Crippen molar-refractivity contribution in [2.45, 2.75) is 6.92 Å². The van der Waals surface area contributed by atoms with E-state index in [1.807, 2.05) is 43.3 Å². The fraction of sp³-hybridized carbons (Fsp3) is 0.125. The van der Waals surface area contributed by atoms with Crippen LogP contribution in [0.4, 0.5) is 0 Å². The van der Waals surface area contributed by atoms with E-state index in [0.717, 1.165) is 16.8 Å². The predicted molar refractivity (Wildman–Crippen MR) is 76.5 cm³/mol. The van der Waals surface area contributed by atoms with Gasteiger partial charge in [0.2, 0.25) is 5.55 Å². The van der Waals surface area contributed by atoms with Gasteiger partial charge >= 0.3 is 0 Å². The monoisotopic (exact) mass is 266 g/mol. The Hall–Kier alpha value is -2.62. The molecular weight excluding hydrogens is 252 g/mol. The van der Waals surface area contributed by atoms with Gasteiger partial charge in [-0.25, -0.2) is 0 Å². The van der Waals surface area contributed by atoms with E-state index in [2.05, 4.69) is 4.98 Å². The van der Waals surface area contributed by atoms with Crippen LogP contribution in [0.25, 0.3) is 22.2 Å². The summed E-state index contributed by atoms with van der Waals surface area (Å²) in [4.78, 5) is 4.26. The van der Waals surface area contributed by atoms with Crippen LogP contribution in [0.5, 0.6) is 5.75 Å². The summed E-state index contributed by atoms with van der Waals surface area (Å²) < 4.78 is 11.0. The van der Waals surface area contributed by atoms with Crippen molar-refractivity contribution in [3.05, 3.63) is 54.2 Å². The maximum absolute atomic E-state index is 8.02. The fourth-order valence-electron chi connectivity index (χ4n) is 2.08. The number of aromatic nitrogens is 1. The van der Waals surface area contributed by atoms with E-state index in [9.17, 15) is 0 Å². The van der Waals surface area contributed by atoms with Crippen LogP contribution in [-0.4, -0.2) is 11.6 Å². The van der Waals surface area contributed by atoms with E-state index in [0.29, 0.717) is 17.8 Å². The highest BCUT2D eigenvalue weighted by Crippen LogP contribution is 2.23. The minimum atomic E-state index is 0.102. The van der Waals surface area contributed by atoms with E-state index in [1.54, 1.807) is 12.3 Å². The highest BCUT2D eigenvalue weighted by atomic mass is 16.5. The smallest absolute Gasteiger partial charge is 0.221 e. The van der Waals surface area contributed by atoms with Crippen molar-refractivity contribution in [2.24, 2.45) is 0 Å². The first-order chi connectivity index (χ1) is 9.78. The Labute approximate surface area is 116 Å². The summed E-state index contributed by atoms with van der Waals surface area (Å²) in [6, 6.07) is 13.1. The maximum atomic E-state index is 8.02. The molecule has 0 bridgehead atoms. The summed E-state index contributed by atoms with van der Waals surface area (Å²) in [7, 11) is 0. The second-order valence-corrected chi connectivity index (χ2v) is 4.34. The average molecular weight is 266 g/mol. The summed E-state index contributed by atoms with van der Waals surface area (Å²) in [6.07, 6.45) is 1.71. The van der Waals surface area contributed by atoms with Gasteiger partial charge in [-0.3, -0.25) is 10.4 Å². The number of nitrogens with one attached hydrogen (secondary N) is 1. The van der Waals surface area contributed by atoms with E-state index in [1.165, 1.54) is 0 Å². The second kappa shape index (κ2) is 5.17.